The molecule has 2 aliphatic rings. The Morgan fingerprint density at radius 3 is 3.07 bits per heavy atom. The highest BCUT2D eigenvalue weighted by Crippen LogP contribution is 2.39. The van der Waals surface area contributed by atoms with E-state index in [0.717, 1.165) is 17.8 Å². The van der Waals surface area contributed by atoms with E-state index in [-0.39, 0.29) is 12.1 Å². The van der Waals surface area contributed by atoms with Crippen molar-refractivity contribution in [1.29, 1.82) is 0 Å². The number of fused-ring (bicyclic) bond motifs is 1. The van der Waals surface area contributed by atoms with Crippen LogP contribution in [0, 0.1) is 5.92 Å². The fraction of sp³-hybridized carbons (Fsp3) is 0.500. The maximum Gasteiger partial charge on any atom is 0.177 e. The molecule has 0 spiro atoms. The number of rotatable bonds is 2. The third kappa shape index (κ3) is 1.15. The molecule has 0 aromatic carbocycles. The van der Waals surface area contributed by atoms with E-state index < -0.39 is 0 Å². The molecule has 1 aromatic heterocycles. The summed E-state index contributed by atoms with van der Waals surface area (Å²) in [7, 11) is 0. The molecule has 4 atom stereocenters. The van der Waals surface area contributed by atoms with Gasteiger partial charge in [0, 0.05) is 18.5 Å². The van der Waals surface area contributed by atoms with E-state index in [1.165, 1.54) is 11.3 Å². The summed E-state index contributed by atoms with van der Waals surface area (Å²) in [6.45, 7) is 0.864. The molecule has 0 saturated carbocycles. The molecule has 2 aliphatic heterocycles. The number of nitrogens with zero attached hydrogens (tertiary/aromatic N) is 1. The number of hydrogen-bond donors (Lipinski definition) is 1. The third-order valence-corrected chi connectivity index (χ3v) is 4.09. The van der Waals surface area contributed by atoms with Gasteiger partial charge in [0.05, 0.1) is 11.0 Å². The van der Waals surface area contributed by atoms with E-state index in [2.05, 4.69) is 4.90 Å². The molecule has 2 N–H and O–H groups in total. The Morgan fingerprint density at radius 2 is 2.50 bits per heavy atom. The molecule has 4 heteroatoms. The maximum atomic E-state index is 11.9. The highest BCUT2D eigenvalue weighted by atomic mass is 32.1. The van der Waals surface area contributed by atoms with Gasteiger partial charge in [-0.05, 0) is 17.9 Å². The minimum atomic E-state index is 0.193. The van der Waals surface area contributed by atoms with Crippen molar-refractivity contribution in [3.63, 3.8) is 0 Å². The van der Waals surface area contributed by atoms with Gasteiger partial charge in [-0.1, -0.05) is 6.07 Å². The van der Waals surface area contributed by atoms with Crippen LogP contribution in [-0.4, -0.2) is 29.4 Å². The number of thiophene rings is 1. The van der Waals surface area contributed by atoms with E-state index >= 15 is 0 Å². The average Bonchev–Trinajstić information content (AvgIpc) is 2.77. The van der Waals surface area contributed by atoms with Crippen LogP contribution in [0.5, 0.6) is 0 Å². The number of carbonyl (C=O) groups is 1. The number of carbonyl (C=O) groups excluding carboxylic acids is 1. The van der Waals surface area contributed by atoms with Crippen LogP contribution in [0.15, 0.2) is 17.5 Å². The largest absolute Gasteiger partial charge is 0.314 e. The van der Waals surface area contributed by atoms with E-state index in [1.807, 2.05) is 17.5 Å². The first-order valence-corrected chi connectivity index (χ1v) is 5.74. The number of piperidine rings is 1. The molecule has 74 valence electrons. The highest BCUT2D eigenvalue weighted by Gasteiger charge is 2.53. The van der Waals surface area contributed by atoms with Gasteiger partial charge in [-0.3, -0.25) is 9.69 Å². The fourth-order valence-electron chi connectivity index (χ4n) is 2.32. The van der Waals surface area contributed by atoms with Crippen LogP contribution in [0.2, 0.25) is 0 Å². The first-order valence-electron chi connectivity index (χ1n) is 4.86. The van der Waals surface area contributed by atoms with Gasteiger partial charge in [0.2, 0.25) is 0 Å². The maximum absolute atomic E-state index is 11.9. The Labute approximate surface area is 86.5 Å². The van der Waals surface area contributed by atoms with Gasteiger partial charge in [-0.15, -0.1) is 11.3 Å². The lowest BCUT2D eigenvalue weighted by Crippen LogP contribution is -2.24. The van der Waals surface area contributed by atoms with Crippen molar-refractivity contribution in [1.82, 2.24) is 4.90 Å². The van der Waals surface area contributed by atoms with Crippen LogP contribution in [-0.2, 0) is 0 Å². The Bertz CT molecular complexity index is 350. The number of nitrogens with two attached hydrogens (primary N) is 1. The topological polar surface area (TPSA) is 46.1 Å². The van der Waals surface area contributed by atoms with Gasteiger partial charge in [0.1, 0.15) is 0 Å². The van der Waals surface area contributed by atoms with Gasteiger partial charge >= 0.3 is 0 Å². The van der Waals surface area contributed by atoms with Crippen LogP contribution in [0.3, 0.4) is 0 Å². The SMILES string of the molecule is NC1C2CC(C(=O)c3cccs3)CN12. The molecule has 14 heavy (non-hydrogen) atoms. The van der Waals surface area contributed by atoms with Gasteiger partial charge in [0.15, 0.2) is 5.78 Å². The lowest BCUT2D eigenvalue weighted by Gasteiger charge is -2.09. The number of Topliss-reactive ketones (excluding diaryl/α,β-unsaturated/α-hetero) is 1. The Morgan fingerprint density at radius 1 is 1.64 bits per heavy atom. The summed E-state index contributed by atoms with van der Waals surface area (Å²) in [6.07, 6.45) is 1.19. The monoisotopic (exact) mass is 208 g/mol. The summed E-state index contributed by atoms with van der Waals surface area (Å²) in [5, 5.41) is 1.95. The molecule has 2 saturated heterocycles. The van der Waals surface area contributed by atoms with Crippen molar-refractivity contribution in [2.45, 2.75) is 18.6 Å². The second-order valence-electron chi connectivity index (χ2n) is 4.03. The second-order valence-corrected chi connectivity index (χ2v) is 4.98. The molecular formula is C10H12N2OS. The number of hydrogen-bond acceptors (Lipinski definition) is 4. The molecule has 3 heterocycles. The van der Waals surface area contributed by atoms with Crippen LogP contribution in [0.25, 0.3) is 0 Å². The van der Waals surface area contributed by atoms with Gasteiger partial charge in [-0.2, -0.15) is 0 Å². The van der Waals surface area contributed by atoms with Crippen molar-refractivity contribution in [2.24, 2.45) is 11.7 Å². The Kier molecular flexibility index (Phi) is 1.77. The highest BCUT2D eigenvalue weighted by molar-refractivity contribution is 7.12. The first-order chi connectivity index (χ1) is 6.77. The number of ketones is 1. The summed E-state index contributed by atoms with van der Waals surface area (Å²) in [5.41, 5.74) is 5.77. The zero-order valence-corrected chi connectivity index (χ0v) is 8.54. The van der Waals surface area contributed by atoms with Crippen molar-refractivity contribution in [2.75, 3.05) is 6.54 Å². The first kappa shape index (κ1) is 8.59. The predicted molar refractivity (Wildman–Crippen MR) is 55.2 cm³/mol. The summed E-state index contributed by atoms with van der Waals surface area (Å²) < 4.78 is 0. The van der Waals surface area contributed by atoms with Gasteiger partial charge in [0.25, 0.3) is 0 Å². The fourth-order valence-corrected chi connectivity index (χ4v) is 3.06. The smallest absolute Gasteiger partial charge is 0.177 e. The molecular weight excluding hydrogens is 196 g/mol. The molecule has 3 rings (SSSR count). The van der Waals surface area contributed by atoms with Gasteiger partial charge < -0.3 is 5.73 Å². The molecule has 1 aromatic rings. The molecule has 0 amide bonds. The van der Waals surface area contributed by atoms with E-state index in [9.17, 15) is 4.79 Å². The summed E-state index contributed by atoms with van der Waals surface area (Å²) in [5.74, 6) is 0.498. The van der Waals surface area contributed by atoms with E-state index in [4.69, 9.17) is 5.73 Å². The third-order valence-electron chi connectivity index (χ3n) is 3.21. The lowest BCUT2D eigenvalue weighted by molar-refractivity contribution is 0.0923. The summed E-state index contributed by atoms with van der Waals surface area (Å²) in [6, 6.07) is 4.33. The lowest BCUT2D eigenvalue weighted by atomic mass is 9.99. The molecule has 0 bridgehead atoms. The van der Waals surface area contributed by atoms with Crippen LogP contribution >= 0.6 is 11.3 Å². The quantitative estimate of drug-likeness (QED) is 0.580. The Hall–Kier alpha value is -0.710. The van der Waals surface area contributed by atoms with E-state index in [1.54, 1.807) is 0 Å². The minimum Gasteiger partial charge on any atom is -0.314 e. The zero-order valence-electron chi connectivity index (χ0n) is 7.72. The second kappa shape index (κ2) is 2.89. The standard InChI is InChI=1S/C10H12N2OS/c11-10-7-4-6(5-12(7)10)9(13)8-2-1-3-14-8/h1-3,6-7,10H,4-5,11H2. The van der Waals surface area contributed by atoms with Crippen molar-refractivity contribution < 1.29 is 4.79 Å². The molecule has 3 nitrogen and oxygen atoms in total. The normalized spacial score (nSPS) is 39.5. The molecule has 4 unspecified atom stereocenters. The Balaban J connectivity index is 1.71. The molecule has 0 aliphatic carbocycles. The van der Waals surface area contributed by atoms with Crippen molar-refractivity contribution in [3.05, 3.63) is 22.4 Å². The van der Waals surface area contributed by atoms with Crippen molar-refractivity contribution in [3.8, 4) is 0 Å². The summed E-state index contributed by atoms with van der Waals surface area (Å²) in [4.78, 5) is 15.0. The molecule has 2 fully saturated rings. The molecule has 0 radical (unpaired) electrons. The van der Waals surface area contributed by atoms with Crippen LogP contribution in [0.1, 0.15) is 16.1 Å². The van der Waals surface area contributed by atoms with Crippen molar-refractivity contribution >= 4 is 17.1 Å². The van der Waals surface area contributed by atoms with Crippen LogP contribution < -0.4 is 5.73 Å². The van der Waals surface area contributed by atoms with E-state index in [0.29, 0.717) is 11.8 Å². The predicted octanol–water partition coefficient (Wildman–Crippen LogP) is 0.920. The zero-order chi connectivity index (χ0) is 9.71. The van der Waals surface area contributed by atoms with Gasteiger partial charge in [-0.25, -0.2) is 0 Å². The average molecular weight is 208 g/mol. The minimum absolute atomic E-state index is 0.193. The summed E-state index contributed by atoms with van der Waals surface area (Å²) >= 11 is 1.54. The van der Waals surface area contributed by atoms with Crippen LogP contribution in [0.4, 0.5) is 0 Å².